The van der Waals surface area contributed by atoms with E-state index in [1.165, 1.54) is 12.1 Å². The number of nitrogens with zero attached hydrogens (tertiary/aromatic N) is 2. The largest absolute Gasteiger partial charge is 0.508 e. The van der Waals surface area contributed by atoms with Gasteiger partial charge in [-0.3, -0.25) is 4.79 Å². The third-order valence-electron chi connectivity index (χ3n) is 2.77. The van der Waals surface area contributed by atoms with Gasteiger partial charge in [0.1, 0.15) is 11.8 Å². The molecule has 0 saturated carbocycles. The molecule has 1 aromatic rings. The van der Waals surface area contributed by atoms with E-state index in [0.717, 1.165) is 0 Å². The molecule has 1 atom stereocenters. The fraction of sp³-hybridized carbons (Fsp3) is 0.333. The van der Waals surface area contributed by atoms with Crippen molar-refractivity contribution in [3.63, 3.8) is 0 Å². The summed E-state index contributed by atoms with van der Waals surface area (Å²) < 4.78 is 0. The summed E-state index contributed by atoms with van der Waals surface area (Å²) in [5.41, 5.74) is 0.491. The first-order chi connectivity index (χ1) is 8.22. The minimum Gasteiger partial charge on any atom is -0.508 e. The summed E-state index contributed by atoms with van der Waals surface area (Å²) >= 11 is 0. The van der Waals surface area contributed by atoms with Crippen LogP contribution in [0.3, 0.4) is 0 Å². The van der Waals surface area contributed by atoms with Crippen LogP contribution < -0.4 is 5.32 Å². The smallest absolute Gasteiger partial charge is 0.255 e. The highest BCUT2D eigenvalue weighted by Gasteiger charge is 2.26. The fourth-order valence-electron chi connectivity index (χ4n) is 1.83. The van der Waals surface area contributed by atoms with Gasteiger partial charge in [0.25, 0.3) is 5.91 Å². The number of rotatable bonds is 1. The number of hydrogen-bond acceptors (Lipinski definition) is 4. The Balaban J connectivity index is 2.18. The van der Waals surface area contributed by atoms with E-state index >= 15 is 0 Å². The lowest BCUT2D eigenvalue weighted by atomic mass is 10.1. The fourth-order valence-corrected chi connectivity index (χ4v) is 1.83. The van der Waals surface area contributed by atoms with Crippen molar-refractivity contribution in [3.05, 3.63) is 29.8 Å². The highest BCUT2D eigenvalue weighted by atomic mass is 16.3. The minimum absolute atomic E-state index is 0.124. The van der Waals surface area contributed by atoms with E-state index < -0.39 is 6.04 Å². The lowest BCUT2D eigenvalue weighted by molar-refractivity contribution is 0.0687. The molecule has 1 heterocycles. The molecule has 1 aliphatic rings. The molecule has 17 heavy (non-hydrogen) atoms. The number of amides is 1. The van der Waals surface area contributed by atoms with Gasteiger partial charge >= 0.3 is 0 Å². The first kappa shape index (κ1) is 11.4. The number of phenols is 1. The van der Waals surface area contributed by atoms with Gasteiger partial charge in [-0.05, 0) is 24.3 Å². The van der Waals surface area contributed by atoms with E-state index in [9.17, 15) is 4.79 Å². The summed E-state index contributed by atoms with van der Waals surface area (Å²) in [7, 11) is 0. The van der Waals surface area contributed by atoms with Crippen LogP contribution in [0.5, 0.6) is 5.75 Å². The average molecular weight is 231 g/mol. The molecule has 0 radical (unpaired) electrons. The molecule has 0 spiro atoms. The van der Waals surface area contributed by atoms with Gasteiger partial charge in [-0.1, -0.05) is 0 Å². The Morgan fingerprint density at radius 2 is 2.18 bits per heavy atom. The second-order valence-corrected chi connectivity index (χ2v) is 3.89. The molecule has 5 nitrogen and oxygen atoms in total. The lowest BCUT2D eigenvalue weighted by Gasteiger charge is -2.32. The number of carbonyl (C=O) groups is 1. The van der Waals surface area contributed by atoms with Crippen LogP contribution in [-0.2, 0) is 0 Å². The summed E-state index contributed by atoms with van der Waals surface area (Å²) in [6.07, 6.45) is 0. The molecule has 1 aliphatic heterocycles. The van der Waals surface area contributed by atoms with Crippen LogP contribution in [-0.4, -0.2) is 41.6 Å². The third kappa shape index (κ3) is 2.37. The molecule has 1 aromatic carbocycles. The predicted molar refractivity (Wildman–Crippen MR) is 61.4 cm³/mol. The lowest BCUT2D eigenvalue weighted by Crippen LogP contribution is -2.53. The van der Waals surface area contributed by atoms with Crippen LogP contribution >= 0.6 is 0 Å². The molecule has 1 saturated heterocycles. The summed E-state index contributed by atoms with van der Waals surface area (Å²) in [5, 5.41) is 21.2. The second-order valence-electron chi connectivity index (χ2n) is 3.89. The van der Waals surface area contributed by atoms with Gasteiger partial charge in [0.2, 0.25) is 0 Å². The van der Waals surface area contributed by atoms with E-state index in [-0.39, 0.29) is 11.7 Å². The summed E-state index contributed by atoms with van der Waals surface area (Å²) in [6, 6.07) is 7.75. The van der Waals surface area contributed by atoms with Gasteiger partial charge in [-0.15, -0.1) is 0 Å². The van der Waals surface area contributed by atoms with E-state index in [0.29, 0.717) is 25.2 Å². The molecule has 1 unspecified atom stereocenters. The normalized spacial score (nSPS) is 19.7. The zero-order chi connectivity index (χ0) is 12.3. The summed E-state index contributed by atoms with van der Waals surface area (Å²) in [4.78, 5) is 13.7. The Morgan fingerprint density at radius 1 is 1.47 bits per heavy atom. The maximum Gasteiger partial charge on any atom is 0.255 e. The average Bonchev–Trinajstić information content (AvgIpc) is 2.39. The number of phenolic OH excluding ortho intramolecular Hbond substituents is 1. The number of nitriles is 1. The monoisotopic (exact) mass is 231 g/mol. The van der Waals surface area contributed by atoms with Crippen LogP contribution in [0.15, 0.2) is 24.3 Å². The zero-order valence-corrected chi connectivity index (χ0v) is 9.26. The SMILES string of the molecule is N#CC1CNCCN1C(=O)c1ccc(O)cc1. The van der Waals surface area contributed by atoms with E-state index in [1.54, 1.807) is 17.0 Å². The first-order valence-corrected chi connectivity index (χ1v) is 5.42. The molecule has 1 amide bonds. The molecule has 2 N–H and O–H groups in total. The Morgan fingerprint density at radius 3 is 2.82 bits per heavy atom. The van der Waals surface area contributed by atoms with Crippen molar-refractivity contribution < 1.29 is 9.90 Å². The van der Waals surface area contributed by atoms with Gasteiger partial charge in [0.05, 0.1) is 6.07 Å². The van der Waals surface area contributed by atoms with Gasteiger partial charge in [-0.25, -0.2) is 0 Å². The highest BCUT2D eigenvalue weighted by molar-refractivity contribution is 5.94. The second kappa shape index (κ2) is 4.85. The van der Waals surface area contributed by atoms with Crippen LogP contribution in [0.25, 0.3) is 0 Å². The molecular weight excluding hydrogens is 218 g/mol. The van der Waals surface area contributed by atoms with Crippen molar-refractivity contribution in [1.82, 2.24) is 10.2 Å². The molecule has 88 valence electrons. The molecule has 5 heteroatoms. The number of aromatic hydroxyl groups is 1. The van der Waals surface area contributed by atoms with Crippen molar-refractivity contribution in [2.45, 2.75) is 6.04 Å². The summed E-state index contributed by atoms with van der Waals surface area (Å²) in [6.45, 7) is 1.72. The van der Waals surface area contributed by atoms with Crippen molar-refractivity contribution >= 4 is 5.91 Å². The molecule has 0 aromatic heterocycles. The third-order valence-corrected chi connectivity index (χ3v) is 2.77. The topological polar surface area (TPSA) is 76.4 Å². The number of nitrogens with one attached hydrogen (secondary N) is 1. The van der Waals surface area contributed by atoms with Gasteiger partial charge in [0.15, 0.2) is 0 Å². The van der Waals surface area contributed by atoms with Crippen LogP contribution in [0.1, 0.15) is 10.4 Å². The van der Waals surface area contributed by atoms with Crippen molar-refractivity contribution in [1.29, 1.82) is 5.26 Å². The van der Waals surface area contributed by atoms with Crippen molar-refractivity contribution in [2.24, 2.45) is 0 Å². The summed E-state index contributed by atoms with van der Waals surface area (Å²) in [5.74, 6) is -0.0447. The van der Waals surface area contributed by atoms with Crippen LogP contribution in [0.4, 0.5) is 0 Å². The minimum atomic E-state index is -0.426. The number of benzene rings is 1. The van der Waals surface area contributed by atoms with Gasteiger partial charge < -0.3 is 15.3 Å². The van der Waals surface area contributed by atoms with Gasteiger partial charge in [-0.2, -0.15) is 5.26 Å². The quantitative estimate of drug-likeness (QED) is 0.730. The Kier molecular flexibility index (Phi) is 3.26. The van der Waals surface area contributed by atoms with Crippen molar-refractivity contribution in [2.75, 3.05) is 19.6 Å². The van der Waals surface area contributed by atoms with E-state index in [1.807, 2.05) is 0 Å². The van der Waals surface area contributed by atoms with Crippen molar-refractivity contribution in [3.8, 4) is 11.8 Å². The highest BCUT2D eigenvalue weighted by Crippen LogP contribution is 2.14. The van der Waals surface area contributed by atoms with Gasteiger partial charge in [0, 0.05) is 25.2 Å². The molecule has 0 aliphatic carbocycles. The molecule has 2 rings (SSSR count). The predicted octanol–water partition coefficient (Wildman–Crippen LogP) is 0.330. The van der Waals surface area contributed by atoms with E-state index in [4.69, 9.17) is 10.4 Å². The Bertz CT molecular complexity index is 450. The maximum atomic E-state index is 12.1. The molecule has 1 fully saturated rings. The number of piperazine rings is 1. The zero-order valence-electron chi connectivity index (χ0n) is 9.26. The number of carbonyl (C=O) groups excluding carboxylic acids is 1. The standard InChI is InChI=1S/C12H13N3O2/c13-7-10-8-14-5-6-15(10)12(17)9-1-3-11(16)4-2-9/h1-4,10,14,16H,5-6,8H2. The Hall–Kier alpha value is -2.06. The number of hydrogen-bond donors (Lipinski definition) is 2. The van der Waals surface area contributed by atoms with E-state index in [2.05, 4.69) is 11.4 Å². The molecule has 0 bridgehead atoms. The maximum absolute atomic E-state index is 12.1. The van der Waals surface area contributed by atoms with Crippen LogP contribution in [0.2, 0.25) is 0 Å². The van der Waals surface area contributed by atoms with Crippen LogP contribution in [0, 0.1) is 11.3 Å². The Labute approximate surface area is 99.3 Å². The molecular formula is C12H13N3O2. The first-order valence-electron chi connectivity index (χ1n) is 5.42.